The van der Waals surface area contributed by atoms with E-state index in [1.807, 2.05) is 18.2 Å². The molecular formula is C25H30N2O4. The molecule has 0 saturated carbocycles. The van der Waals surface area contributed by atoms with Gasteiger partial charge in [0.2, 0.25) is 0 Å². The summed E-state index contributed by atoms with van der Waals surface area (Å²) in [5, 5.41) is 18.9. The van der Waals surface area contributed by atoms with Crippen molar-refractivity contribution < 1.29 is 19.4 Å². The summed E-state index contributed by atoms with van der Waals surface area (Å²) in [5.74, 6) is 1.51. The second kappa shape index (κ2) is 9.30. The Morgan fingerprint density at radius 1 is 1.19 bits per heavy atom. The number of nitrogens with zero attached hydrogens (tertiary/aromatic N) is 2. The van der Waals surface area contributed by atoms with Crippen LogP contribution in [0.15, 0.2) is 48.5 Å². The van der Waals surface area contributed by atoms with Crippen LogP contribution in [0.5, 0.6) is 11.5 Å². The van der Waals surface area contributed by atoms with E-state index in [4.69, 9.17) is 9.47 Å². The van der Waals surface area contributed by atoms with Gasteiger partial charge in [-0.05, 0) is 53.6 Å². The van der Waals surface area contributed by atoms with E-state index < -0.39 is 6.09 Å². The number of methoxy groups -OCH3 is 1. The zero-order valence-electron chi connectivity index (χ0n) is 18.5. The number of likely N-dealkylation sites (tertiary alicyclic amines) is 1. The van der Waals surface area contributed by atoms with Crippen molar-refractivity contribution in [2.75, 3.05) is 20.2 Å². The van der Waals surface area contributed by atoms with Crippen molar-refractivity contribution in [3.63, 3.8) is 0 Å². The van der Waals surface area contributed by atoms with Crippen molar-refractivity contribution in [1.82, 2.24) is 4.90 Å². The highest BCUT2D eigenvalue weighted by molar-refractivity contribution is 5.65. The number of hydrogen-bond acceptors (Lipinski definition) is 4. The molecule has 1 amide bonds. The third kappa shape index (κ3) is 5.29. The minimum absolute atomic E-state index is 0.0519. The average Bonchev–Trinajstić information content (AvgIpc) is 2.76. The SMILES string of the molecule is COc1ccc(C2CCN(C(=O)O)CC2C(Oc2cccc(C#N)c2)C(C)(C)C)cc1. The maximum Gasteiger partial charge on any atom is 0.407 e. The first kappa shape index (κ1) is 22.5. The van der Waals surface area contributed by atoms with Crippen molar-refractivity contribution in [2.45, 2.75) is 39.2 Å². The van der Waals surface area contributed by atoms with Crippen LogP contribution in [-0.4, -0.2) is 42.4 Å². The van der Waals surface area contributed by atoms with Gasteiger partial charge in [0.25, 0.3) is 0 Å². The fourth-order valence-corrected chi connectivity index (χ4v) is 4.42. The molecule has 1 aliphatic heterocycles. The second-order valence-corrected chi connectivity index (χ2v) is 9.10. The molecule has 1 heterocycles. The Hall–Kier alpha value is -3.20. The highest BCUT2D eigenvalue weighted by Gasteiger charge is 2.43. The highest BCUT2D eigenvalue weighted by atomic mass is 16.5. The number of nitriles is 1. The quantitative estimate of drug-likeness (QED) is 0.721. The number of benzene rings is 2. The van der Waals surface area contributed by atoms with Crippen molar-refractivity contribution in [3.05, 3.63) is 59.7 Å². The summed E-state index contributed by atoms with van der Waals surface area (Å²) in [6.07, 6.45) is -0.440. The lowest BCUT2D eigenvalue weighted by atomic mass is 9.70. The maximum atomic E-state index is 11.8. The molecule has 2 aromatic carbocycles. The maximum absolute atomic E-state index is 11.8. The summed E-state index contributed by atoms with van der Waals surface area (Å²) in [5.41, 5.74) is 1.44. The van der Waals surface area contributed by atoms with E-state index in [9.17, 15) is 15.2 Å². The smallest absolute Gasteiger partial charge is 0.407 e. The van der Waals surface area contributed by atoms with Gasteiger partial charge in [0.05, 0.1) is 18.7 Å². The van der Waals surface area contributed by atoms with E-state index in [1.165, 1.54) is 4.90 Å². The Labute approximate surface area is 184 Å². The molecular weight excluding hydrogens is 392 g/mol. The molecule has 1 aliphatic rings. The van der Waals surface area contributed by atoms with Crippen molar-refractivity contribution in [1.29, 1.82) is 5.26 Å². The standard InChI is InChI=1S/C25H30N2O4/c1-25(2,3)23(31-20-7-5-6-17(14-20)15-26)22-16-27(24(28)29)13-12-21(22)18-8-10-19(30-4)11-9-18/h5-11,14,21-23H,12-13,16H2,1-4H3,(H,28,29). The van der Waals surface area contributed by atoms with E-state index in [0.29, 0.717) is 24.4 Å². The molecule has 164 valence electrons. The van der Waals surface area contributed by atoms with Crippen molar-refractivity contribution in [3.8, 4) is 17.6 Å². The molecule has 3 atom stereocenters. The van der Waals surface area contributed by atoms with Crippen LogP contribution in [-0.2, 0) is 0 Å². The van der Waals surface area contributed by atoms with E-state index in [0.717, 1.165) is 17.7 Å². The van der Waals surface area contributed by atoms with E-state index >= 15 is 0 Å². The molecule has 0 aromatic heterocycles. The Morgan fingerprint density at radius 3 is 2.48 bits per heavy atom. The summed E-state index contributed by atoms with van der Waals surface area (Å²) in [6.45, 7) is 7.21. The van der Waals surface area contributed by atoms with Gasteiger partial charge in [0, 0.05) is 19.0 Å². The number of ether oxygens (including phenoxy) is 2. The first-order valence-electron chi connectivity index (χ1n) is 10.5. The minimum atomic E-state index is -0.905. The summed E-state index contributed by atoms with van der Waals surface area (Å²) < 4.78 is 11.8. The molecule has 3 unspecified atom stereocenters. The van der Waals surface area contributed by atoms with Gasteiger partial charge in [0.15, 0.2) is 0 Å². The van der Waals surface area contributed by atoms with Gasteiger partial charge in [-0.2, -0.15) is 5.26 Å². The Kier molecular flexibility index (Phi) is 6.74. The number of carbonyl (C=O) groups is 1. The van der Waals surface area contributed by atoms with Crippen LogP contribution in [0.2, 0.25) is 0 Å². The van der Waals surface area contributed by atoms with Crippen LogP contribution in [0.4, 0.5) is 4.79 Å². The molecule has 1 N–H and O–H groups in total. The highest BCUT2D eigenvalue weighted by Crippen LogP contribution is 2.42. The first-order chi connectivity index (χ1) is 14.7. The minimum Gasteiger partial charge on any atom is -0.497 e. The third-order valence-corrected chi connectivity index (χ3v) is 5.94. The molecule has 3 rings (SSSR count). The number of carboxylic acid groups (broad SMARTS) is 1. The summed E-state index contributed by atoms with van der Waals surface area (Å²) in [4.78, 5) is 13.3. The Morgan fingerprint density at radius 2 is 1.90 bits per heavy atom. The van der Waals surface area contributed by atoms with E-state index in [2.05, 4.69) is 39.0 Å². The normalized spacial score (nSPS) is 19.9. The molecule has 2 aromatic rings. The number of hydrogen-bond donors (Lipinski definition) is 1. The zero-order chi connectivity index (χ0) is 22.6. The molecule has 0 spiro atoms. The van der Waals surface area contributed by atoms with Gasteiger partial charge in [0.1, 0.15) is 17.6 Å². The van der Waals surface area contributed by atoms with Crippen molar-refractivity contribution in [2.24, 2.45) is 11.3 Å². The van der Waals surface area contributed by atoms with Crippen LogP contribution >= 0.6 is 0 Å². The van der Waals surface area contributed by atoms with Gasteiger partial charge in [-0.15, -0.1) is 0 Å². The summed E-state index contributed by atoms with van der Waals surface area (Å²) in [6, 6.07) is 17.3. The second-order valence-electron chi connectivity index (χ2n) is 9.10. The van der Waals surface area contributed by atoms with Crippen LogP contribution in [0.3, 0.4) is 0 Å². The van der Waals surface area contributed by atoms with Gasteiger partial charge in [-0.25, -0.2) is 4.79 Å². The number of piperidine rings is 1. The predicted octanol–water partition coefficient (Wildman–Crippen LogP) is 5.14. The third-order valence-electron chi connectivity index (χ3n) is 5.94. The molecule has 6 heteroatoms. The fraction of sp³-hybridized carbons (Fsp3) is 0.440. The predicted molar refractivity (Wildman–Crippen MR) is 118 cm³/mol. The van der Waals surface area contributed by atoms with Gasteiger partial charge >= 0.3 is 6.09 Å². The lowest BCUT2D eigenvalue weighted by Gasteiger charge is -2.45. The van der Waals surface area contributed by atoms with Crippen LogP contribution in [0.25, 0.3) is 0 Å². The zero-order valence-corrected chi connectivity index (χ0v) is 18.5. The Bertz CT molecular complexity index is 943. The van der Waals surface area contributed by atoms with Gasteiger partial charge < -0.3 is 19.5 Å². The lowest BCUT2D eigenvalue weighted by Crippen LogP contribution is -2.51. The lowest BCUT2D eigenvalue weighted by molar-refractivity contribution is -0.00765. The van der Waals surface area contributed by atoms with Crippen LogP contribution in [0, 0.1) is 22.7 Å². The molecule has 1 saturated heterocycles. The van der Waals surface area contributed by atoms with E-state index in [-0.39, 0.29) is 23.4 Å². The van der Waals surface area contributed by atoms with Gasteiger partial charge in [-0.1, -0.05) is 39.0 Å². The first-order valence-corrected chi connectivity index (χ1v) is 10.5. The topological polar surface area (TPSA) is 82.8 Å². The Balaban J connectivity index is 1.98. The molecule has 1 fully saturated rings. The van der Waals surface area contributed by atoms with Crippen LogP contribution < -0.4 is 9.47 Å². The molecule has 6 nitrogen and oxygen atoms in total. The summed E-state index contributed by atoms with van der Waals surface area (Å²) >= 11 is 0. The molecule has 0 aliphatic carbocycles. The summed E-state index contributed by atoms with van der Waals surface area (Å²) in [7, 11) is 1.64. The molecule has 0 radical (unpaired) electrons. The molecule has 31 heavy (non-hydrogen) atoms. The largest absolute Gasteiger partial charge is 0.497 e. The van der Waals surface area contributed by atoms with Gasteiger partial charge in [-0.3, -0.25) is 0 Å². The average molecular weight is 423 g/mol. The number of amides is 1. The number of rotatable bonds is 5. The monoisotopic (exact) mass is 422 g/mol. The van der Waals surface area contributed by atoms with E-state index in [1.54, 1.807) is 25.3 Å². The van der Waals surface area contributed by atoms with Crippen LogP contribution in [0.1, 0.15) is 44.2 Å². The fourth-order valence-electron chi connectivity index (χ4n) is 4.42. The molecule has 0 bridgehead atoms. The van der Waals surface area contributed by atoms with Crippen molar-refractivity contribution >= 4 is 6.09 Å².